The minimum absolute atomic E-state index is 0.0541. The molecule has 1 heterocycles. The van der Waals surface area contributed by atoms with Gasteiger partial charge in [-0.2, -0.15) is 0 Å². The molecule has 4 amide bonds. The lowest BCUT2D eigenvalue weighted by Gasteiger charge is -2.31. The summed E-state index contributed by atoms with van der Waals surface area (Å²) in [5.41, 5.74) is 5.08. The topological polar surface area (TPSA) is 140 Å². The van der Waals surface area contributed by atoms with E-state index in [1.165, 1.54) is 11.0 Å². The molecule has 4 N–H and O–H groups in total. The van der Waals surface area contributed by atoms with Gasteiger partial charge in [0.15, 0.2) is 6.10 Å². The second-order valence-corrected chi connectivity index (χ2v) is 11.0. The summed E-state index contributed by atoms with van der Waals surface area (Å²) in [6.07, 6.45) is -3.47. The van der Waals surface area contributed by atoms with Gasteiger partial charge in [0.1, 0.15) is 11.9 Å². The number of carbonyl (C=O) groups is 4. The molecule has 11 heteroatoms. The van der Waals surface area contributed by atoms with Gasteiger partial charge in [-0.1, -0.05) is 32.9 Å². The predicted octanol–water partition coefficient (Wildman–Crippen LogP) is 2.97. The van der Waals surface area contributed by atoms with Crippen LogP contribution in [0.25, 0.3) is 0 Å². The van der Waals surface area contributed by atoms with Gasteiger partial charge < -0.3 is 25.8 Å². The Balaban J connectivity index is 2.04. The second kappa shape index (κ2) is 11.6. The SMILES string of the molecule is CC(C)(C)NC(=O)O[C@H](C(=O)NC[C@@H](CCC(N)=O)OC(=O)N1Cc2cccc(F)c2C1)C(C)(C)C. The highest BCUT2D eigenvalue weighted by molar-refractivity contribution is 5.84. The van der Waals surface area contributed by atoms with Gasteiger partial charge in [0.25, 0.3) is 5.91 Å². The summed E-state index contributed by atoms with van der Waals surface area (Å²) in [4.78, 5) is 50.7. The van der Waals surface area contributed by atoms with E-state index in [1.54, 1.807) is 53.7 Å². The van der Waals surface area contributed by atoms with Crippen LogP contribution in [-0.2, 0) is 32.2 Å². The minimum Gasteiger partial charge on any atom is -0.444 e. The molecule has 1 aromatic carbocycles. The molecule has 0 fully saturated rings. The number of nitrogens with two attached hydrogens (primary N) is 1. The van der Waals surface area contributed by atoms with Gasteiger partial charge in [-0.3, -0.25) is 14.5 Å². The van der Waals surface area contributed by atoms with Crippen LogP contribution in [0.1, 0.15) is 65.5 Å². The van der Waals surface area contributed by atoms with Gasteiger partial charge in [-0.15, -0.1) is 0 Å². The van der Waals surface area contributed by atoms with Crippen molar-refractivity contribution in [3.05, 3.63) is 35.1 Å². The van der Waals surface area contributed by atoms with E-state index >= 15 is 0 Å². The fourth-order valence-electron chi connectivity index (χ4n) is 3.61. The molecule has 1 aromatic rings. The Labute approximate surface area is 211 Å². The van der Waals surface area contributed by atoms with Crippen molar-refractivity contribution in [2.45, 2.75) is 85.2 Å². The van der Waals surface area contributed by atoms with Crippen LogP contribution < -0.4 is 16.4 Å². The lowest BCUT2D eigenvalue weighted by molar-refractivity contribution is -0.135. The molecular formula is C25H37FN4O6. The van der Waals surface area contributed by atoms with Gasteiger partial charge in [0.05, 0.1) is 13.1 Å². The van der Waals surface area contributed by atoms with E-state index in [9.17, 15) is 23.6 Å². The van der Waals surface area contributed by atoms with Crippen LogP contribution in [0.4, 0.5) is 14.0 Å². The number of halogens is 1. The Morgan fingerprint density at radius 1 is 1.08 bits per heavy atom. The highest BCUT2D eigenvalue weighted by Crippen LogP contribution is 2.26. The number of alkyl carbamates (subject to hydrolysis) is 1. The van der Waals surface area contributed by atoms with E-state index in [4.69, 9.17) is 15.2 Å². The Hall–Kier alpha value is -3.37. The van der Waals surface area contributed by atoms with Crippen LogP contribution in [-0.4, -0.2) is 53.2 Å². The monoisotopic (exact) mass is 508 g/mol. The molecule has 0 saturated heterocycles. The van der Waals surface area contributed by atoms with E-state index < -0.39 is 53.0 Å². The number of carbonyl (C=O) groups excluding carboxylic acids is 4. The Kier molecular flexibility index (Phi) is 9.28. The number of rotatable bonds is 8. The van der Waals surface area contributed by atoms with Crippen LogP contribution in [0.15, 0.2) is 18.2 Å². The number of hydrogen-bond donors (Lipinski definition) is 3. The zero-order valence-corrected chi connectivity index (χ0v) is 21.8. The van der Waals surface area contributed by atoms with Gasteiger partial charge >= 0.3 is 12.2 Å². The van der Waals surface area contributed by atoms with Crippen molar-refractivity contribution in [2.75, 3.05) is 6.54 Å². The summed E-state index contributed by atoms with van der Waals surface area (Å²) in [5, 5.41) is 5.30. The number of benzene rings is 1. The van der Waals surface area contributed by atoms with Crippen molar-refractivity contribution >= 4 is 24.0 Å². The first-order chi connectivity index (χ1) is 16.6. The Morgan fingerprint density at radius 3 is 2.31 bits per heavy atom. The summed E-state index contributed by atoms with van der Waals surface area (Å²) in [5.74, 6) is -1.57. The molecule has 1 aliphatic heterocycles. The first kappa shape index (κ1) is 28.9. The molecule has 2 atom stereocenters. The molecule has 0 radical (unpaired) electrons. The molecule has 1 aliphatic rings. The van der Waals surface area contributed by atoms with Gasteiger partial charge in [-0.05, 0) is 38.8 Å². The quantitative estimate of drug-likeness (QED) is 0.493. The van der Waals surface area contributed by atoms with Crippen molar-refractivity contribution in [2.24, 2.45) is 11.1 Å². The number of fused-ring (bicyclic) bond motifs is 1. The molecule has 10 nitrogen and oxygen atoms in total. The number of nitrogens with zero attached hydrogens (tertiary/aromatic N) is 1. The maximum atomic E-state index is 14.0. The van der Waals surface area contributed by atoms with Crippen LogP contribution in [0.3, 0.4) is 0 Å². The van der Waals surface area contributed by atoms with Gasteiger partial charge in [0.2, 0.25) is 5.91 Å². The highest BCUT2D eigenvalue weighted by Gasteiger charge is 2.36. The Morgan fingerprint density at radius 2 is 1.75 bits per heavy atom. The molecule has 0 unspecified atom stereocenters. The zero-order chi connectivity index (χ0) is 27.3. The first-order valence-corrected chi connectivity index (χ1v) is 11.8. The number of amides is 4. The fourth-order valence-corrected chi connectivity index (χ4v) is 3.61. The smallest absolute Gasteiger partial charge is 0.410 e. The standard InChI is InChI=1S/C25H37FN4O6/c1-24(2,3)20(36-22(33)29-25(4,5)6)21(32)28-12-16(10-11-19(27)31)35-23(34)30-13-15-8-7-9-18(26)17(15)14-30/h7-9,16,20H,10-14H2,1-6H3,(H2,27,31)(H,28,32)(H,29,33)/t16-,20-/m1/s1. The number of ether oxygens (including phenoxy) is 2. The zero-order valence-electron chi connectivity index (χ0n) is 21.8. The van der Waals surface area contributed by atoms with Crippen molar-refractivity contribution < 1.29 is 33.0 Å². The highest BCUT2D eigenvalue weighted by atomic mass is 19.1. The average molecular weight is 509 g/mol. The Bertz CT molecular complexity index is 986. The molecule has 0 spiro atoms. The van der Waals surface area contributed by atoms with Gasteiger partial charge in [0, 0.05) is 29.5 Å². The third kappa shape index (κ3) is 8.69. The second-order valence-electron chi connectivity index (χ2n) is 11.0. The molecule has 36 heavy (non-hydrogen) atoms. The van der Waals surface area contributed by atoms with E-state index in [0.29, 0.717) is 11.1 Å². The molecule has 0 aromatic heterocycles. The summed E-state index contributed by atoms with van der Waals surface area (Å²) in [7, 11) is 0. The third-order valence-corrected chi connectivity index (χ3v) is 5.40. The normalized spacial score (nSPS) is 14.9. The fraction of sp³-hybridized carbons (Fsp3) is 0.600. The maximum Gasteiger partial charge on any atom is 0.410 e. The lowest BCUT2D eigenvalue weighted by atomic mass is 9.88. The van der Waals surface area contributed by atoms with E-state index in [1.807, 2.05) is 0 Å². The van der Waals surface area contributed by atoms with Gasteiger partial charge in [-0.25, -0.2) is 14.0 Å². The van der Waals surface area contributed by atoms with Crippen LogP contribution in [0.2, 0.25) is 0 Å². The molecular weight excluding hydrogens is 471 g/mol. The van der Waals surface area contributed by atoms with Crippen molar-refractivity contribution in [1.29, 1.82) is 0 Å². The predicted molar refractivity (Wildman–Crippen MR) is 130 cm³/mol. The van der Waals surface area contributed by atoms with Crippen LogP contribution in [0, 0.1) is 11.2 Å². The van der Waals surface area contributed by atoms with Crippen molar-refractivity contribution in [3.8, 4) is 0 Å². The summed E-state index contributed by atoms with van der Waals surface area (Å²) < 4.78 is 25.0. The number of primary amides is 1. The van der Waals surface area contributed by atoms with Crippen LogP contribution >= 0.6 is 0 Å². The minimum atomic E-state index is -1.14. The molecule has 0 bridgehead atoms. The number of hydrogen-bond acceptors (Lipinski definition) is 6. The molecule has 0 aliphatic carbocycles. The first-order valence-electron chi connectivity index (χ1n) is 11.8. The van der Waals surface area contributed by atoms with E-state index in [0.717, 1.165) is 0 Å². The maximum absolute atomic E-state index is 14.0. The number of nitrogens with one attached hydrogen (secondary N) is 2. The largest absolute Gasteiger partial charge is 0.444 e. The average Bonchev–Trinajstić information content (AvgIpc) is 3.17. The van der Waals surface area contributed by atoms with E-state index in [-0.39, 0.29) is 32.5 Å². The summed E-state index contributed by atoms with van der Waals surface area (Å²) in [6, 6.07) is 4.64. The van der Waals surface area contributed by atoms with E-state index in [2.05, 4.69) is 10.6 Å². The van der Waals surface area contributed by atoms with Crippen LogP contribution in [0.5, 0.6) is 0 Å². The summed E-state index contributed by atoms with van der Waals surface area (Å²) >= 11 is 0. The molecule has 200 valence electrons. The molecule has 0 saturated carbocycles. The molecule has 2 rings (SSSR count). The summed E-state index contributed by atoms with van der Waals surface area (Å²) in [6.45, 7) is 10.7. The third-order valence-electron chi connectivity index (χ3n) is 5.40. The van der Waals surface area contributed by atoms with Crippen molar-refractivity contribution in [1.82, 2.24) is 15.5 Å². The lowest BCUT2D eigenvalue weighted by Crippen LogP contribution is -2.51. The van der Waals surface area contributed by atoms with Crippen molar-refractivity contribution in [3.63, 3.8) is 0 Å².